The molecule has 0 bridgehead atoms. The summed E-state index contributed by atoms with van der Waals surface area (Å²) in [6.07, 6.45) is 5.02. The van der Waals surface area contributed by atoms with Gasteiger partial charge in [-0.25, -0.2) is 9.97 Å². The molecule has 1 aromatic heterocycles. The Balaban J connectivity index is 1.99. The number of halogens is 1. The second-order valence-corrected chi connectivity index (χ2v) is 5.20. The van der Waals surface area contributed by atoms with E-state index in [-0.39, 0.29) is 0 Å². The first kappa shape index (κ1) is 13.7. The van der Waals surface area contributed by atoms with Crippen LogP contribution in [0.5, 0.6) is 0 Å². The van der Waals surface area contributed by atoms with Gasteiger partial charge in [-0.3, -0.25) is 4.90 Å². The minimum Gasteiger partial charge on any atom is -0.339 e. The Hall–Kier alpha value is -0.680. The van der Waals surface area contributed by atoms with Crippen LogP contribution in [0.1, 0.15) is 25.8 Å². The van der Waals surface area contributed by atoms with Crippen molar-refractivity contribution in [2.45, 2.75) is 31.6 Å². The Kier molecular flexibility index (Phi) is 4.95. The van der Waals surface area contributed by atoms with Crippen LogP contribution in [0.4, 0.5) is 5.95 Å². The molecule has 1 aliphatic heterocycles. The summed E-state index contributed by atoms with van der Waals surface area (Å²) in [5.41, 5.74) is 1.12. The highest BCUT2D eigenvalue weighted by molar-refractivity contribution is 9.08. The van der Waals surface area contributed by atoms with Crippen molar-refractivity contribution < 1.29 is 0 Å². The number of alkyl halides is 1. The first-order valence-electron chi connectivity index (χ1n) is 6.64. The third-order valence-electron chi connectivity index (χ3n) is 3.62. The number of nitrogens with zero attached hydrogens (tertiary/aromatic N) is 4. The molecule has 0 N–H and O–H groups in total. The van der Waals surface area contributed by atoms with Gasteiger partial charge in [0.2, 0.25) is 5.95 Å². The van der Waals surface area contributed by atoms with Crippen LogP contribution in [0, 0.1) is 0 Å². The standard InChI is InChI=1S/C13H21BrN4/c1-3-17(4-2)12-5-6-18(10-12)13-15-8-11(7-14)9-16-13/h8-9,12H,3-7,10H2,1-2H3. The van der Waals surface area contributed by atoms with E-state index in [0.29, 0.717) is 6.04 Å². The molecule has 18 heavy (non-hydrogen) atoms. The molecule has 1 fully saturated rings. The molecular formula is C13H21BrN4. The molecule has 0 radical (unpaired) electrons. The van der Waals surface area contributed by atoms with Gasteiger partial charge in [0, 0.05) is 36.9 Å². The number of aromatic nitrogens is 2. The zero-order chi connectivity index (χ0) is 13.0. The maximum atomic E-state index is 4.44. The van der Waals surface area contributed by atoms with Crippen LogP contribution < -0.4 is 4.90 Å². The summed E-state index contributed by atoms with van der Waals surface area (Å²) in [7, 11) is 0. The number of likely N-dealkylation sites (N-methyl/N-ethyl adjacent to an activating group) is 1. The lowest BCUT2D eigenvalue weighted by Gasteiger charge is -2.26. The van der Waals surface area contributed by atoms with Crippen molar-refractivity contribution in [2.24, 2.45) is 0 Å². The molecule has 0 aliphatic carbocycles. The van der Waals surface area contributed by atoms with E-state index in [1.807, 2.05) is 12.4 Å². The Morgan fingerprint density at radius 1 is 1.33 bits per heavy atom. The SMILES string of the molecule is CCN(CC)C1CCN(c2ncc(CBr)cn2)C1. The molecule has 0 amide bonds. The second kappa shape index (κ2) is 6.48. The highest BCUT2D eigenvalue weighted by Gasteiger charge is 2.27. The van der Waals surface area contributed by atoms with Gasteiger partial charge >= 0.3 is 0 Å². The molecule has 2 heterocycles. The predicted octanol–water partition coefficient (Wildman–Crippen LogP) is 2.29. The lowest BCUT2D eigenvalue weighted by Crippen LogP contribution is -2.37. The van der Waals surface area contributed by atoms with Gasteiger partial charge in [-0.15, -0.1) is 0 Å². The largest absolute Gasteiger partial charge is 0.339 e. The van der Waals surface area contributed by atoms with Crippen LogP contribution in [0.15, 0.2) is 12.4 Å². The van der Waals surface area contributed by atoms with Crippen molar-refractivity contribution in [1.82, 2.24) is 14.9 Å². The van der Waals surface area contributed by atoms with Gasteiger partial charge in [-0.1, -0.05) is 29.8 Å². The fourth-order valence-electron chi connectivity index (χ4n) is 2.54. The van der Waals surface area contributed by atoms with Crippen LogP contribution in [-0.2, 0) is 5.33 Å². The molecule has 2 rings (SSSR count). The summed E-state index contributed by atoms with van der Waals surface area (Å²) >= 11 is 3.41. The summed E-state index contributed by atoms with van der Waals surface area (Å²) in [4.78, 5) is 13.7. The van der Waals surface area contributed by atoms with E-state index < -0.39 is 0 Å². The van der Waals surface area contributed by atoms with Gasteiger partial charge in [-0.2, -0.15) is 0 Å². The Labute approximate surface area is 118 Å². The molecule has 1 atom stereocenters. The highest BCUT2D eigenvalue weighted by atomic mass is 79.9. The summed E-state index contributed by atoms with van der Waals surface area (Å²) in [6, 6.07) is 0.652. The van der Waals surface area contributed by atoms with E-state index in [0.717, 1.165) is 43.0 Å². The van der Waals surface area contributed by atoms with Crippen LogP contribution in [0.3, 0.4) is 0 Å². The van der Waals surface area contributed by atoms with Crippen molar-refractivity contribution in [3.63, 3.8) is 0 Å². The maximum Gasteiger partial charge on any atom is 0.225 e. The first-order valence-corrected chi connectivity index (χ1v) is 7.76. The van der Waals surface area contributed by atoms with Gasteiger partial charge in [0.1, 0.15) is 0 Å². The van der Waals surface area contributed by atoms with Crippen LogP contribution in [0.2, 0.25) is 0 Å². The molecule has 100 valence electrons. The summed E-state index contributed by atoms with van der Waals surface area (Å²) < 4.78 is 0. The monoisotopic (exact) mass is 312 g/mol. The van der Waals surface area contributed by atoms with Gasteiger partial charge in [0.15, 0.2) is 0 Å². The van der Waals surface area contributed by atoms with Gasteiger partial charge < -0.3 is 4.90 Å². The molecule has 0 aromatic carbocycles. The lowest BCUT2D eigenvalue weighted by atomic mass is 10.2. The number of anilines is 1. The third-order valence-corrected chi connectivity index (χ3v) is 4.27. The van der Waals surface area contributed by atoms with Crippen molar-refractivity contribution in [1.29, 1.82) is 0 Å². The average molecular weight is 313 g/mol. The molecule has 4 nitrogen and oxygen atoms in total. The normalized spacial score (nSPS) is 19.8. The molecule has 1 unspecified atom stereocenters. The quantitative estimate of drug-likeness (QED) is 0.781. The first-order chi connectivity index (χ1) is 8.78. The fourth-order valence-corrected chi connectivity index (χ4v) is 2.83. The van der Waals surface area contributed by atoms with Gasteiger partial charge in [0.25, 0.3) is 0 Å². The Morgan fingerprint density at radius 2 is 2.00 bits per heavy atom. The van der Waals surface area contributed by atoms with Crippen LogP contribution >= 0.6 is 15.9 Å². The summed E-state index contributed by atoms with van der Waals surface area (Å²) in [5.74, 6) is 0.870. The molecule has 0 saturated carbocycles. The van der Waals surface area contributed by atoms with E-state index in [9.17, 15) is 0 Å². The number of rotatable bonds is 5. The minimum absolute atomic E-state index is 0.652. The van der Waals surface area contributed by atoms with Gasteiger partial charge in [-0.05, 0) is 25.1 Å². The number of hydrogen-bond acceptors (Lipinski definition) is 4. The molecule has 1 aromatic rings. The molecule has 5 heteroatoms. The lowest BCUT2D eigenvalue weighted by molar-refractivity contribution is 0.232. The maximum absolute atomic E-state index is 4.44. The van der Waals surface area contributed by atoms with E-state index in [1.165, 1.54) is 6.42 Å². The summed E-state index contributed by atoms with van der Waals surface area (Å²) in [5, 5.41) is 0.815. The van der Waals surface area contributed by atoms with E-state index in [1.54, 1.807) is 0 Å². The number of hydrogen-bond donors (Lipinski definition) is 0. The van der Waals surface area contributed by atoms with Crippen LogP contribution in [0.25, 0.3) is 0 Å². The zero-order valence-electron chi connectivity index (χ0n) is 11.1. The van der Waals surface area contributed by atoms with Crippen LogP contribution in [-0.4, -0.2) is 47.1 Å². The Morgan fingerprint density at radius 3 is 2.56 bits per heavy atom. The fraction of sp³-hybridized carbons (Fsp3) is 0.692. The molecule has 1 aliphatic rings. The van der Waals surface area contributed by atoms with E-state index in [2.05, 4.69) is 49.5 Å². The van der Waals surface area contributed by atoms with E-state index >= 15 is 0 Å². The smallest absolute Gasteiger partial charge is 0.225 e. The van der Waals surface area contributed by atoms with Gasteiger partial charge in [0.05, 0.1) is 0 Å². The predicted molar refractivity (Wildman–Crippen MR) is 78.2 cm³/mol. The van der Waals surface area contributed by atoms with Crippen molar-refractivity contribution >= 4 is 21.9 Å². The zero-order valence-corrected chi connectivity index (χ0v) is 12.7. The van der Waals surface area contributed by atoms with E-state index in [4.69, 9.17) is 0 Å². The van der Waals surface area contributed by atoms with Crippen molar-refractivity contribution in [3.05, 3.63) is 18.0 Å². The molecule has 0 spiro atoms. The topological polar surface area (TPSA) is 32.3 Å². The van der Waals surface area contributed by atoms with Crippen molar-refractivity contribution in [3.8, 4) is 0 Å². The minimum atomic E-state index is 0.652. The highest BCUT2D eigenvalue weighted by Crippen LogP contribution is 2.19. The Bertz CT molecular complexity index is 364. The average Bonchev–Trinajstić information content (AvgIpc) is 2.90. The molecular weight excluding hydrogens is 292 g/mol. The van der Waals surface area contributed by atoms with Crippen molar-refractivity contribution in [2.75, 3.05) is 31.1 Å². The summed E-state index contributed by atoms with van der Waals surface area (Å²) in [6.45, 7) is 8.82. The third kappa shape index (κ3) is 3.01. The molecule has 1 saturated heterocycles. The second-order valence-electron chi connectivity index (χ2n) is 4.63.